The number of methoxy groups -OCH3 is 2. The van der Waals surface area contributed by atoms with Crippen LogP contribution in [0, 0.1) is 0 Å². The Bertz CT molecular complexity index is 1510. The van der Waals surface area contributed by atoms with E-state index in [0.29, 0.717) is 46.5 Å². The predicted octanol–water partition coefficient (Wildman–Crippen LogP) is 5.78. The molecule has 0 N–H and O–H groups in total. The largest absolute Gasteiger partial charge is 0.497 e. The monoisotopic (exact) mass is 556 g/mol. The van der Waals surface area contributed by atoms with Gasteiger partial charge in [0.15, 0.2) is 0 Å². The quantitative estimate of drug-likeness (QED) is 0.232. The van der Waals surface area contributed by atoms with E-state index in [1.54, 1.807) is 14.2 Å². The van der Waals surface area contributed by atoms with Crippen LogP contribution in [0.5, 0.6) is 11.5 Å². The van der Waals surface area contributed by atoms with Gasteiger partial charge in [-0.05, 0) is 42.5 Å². The average molecular weight is 558 g/mol. The summed E-state index contributed by atoms with van der Waals surface area (Å²) in [7, 11) is 3.26. The highest BCUT2D eigenvalue weighted by molar-refractivity contribution is 7.81. The van der Waals surface area contributed by atoms with Gasteiger partial charge in [0, 0.05) is 54.1 Å². The first-order valence-corrected chi connectivity index (χ1v) is 12.8. The number of benzene rings is 2. The number of nitrogens with zero attached hydrogens (tertiary/aromatic N) is 4. The van der Waals surface area contributed by atoms with Crippen molar-refractivity contribution in [1.29, 1.82) is 0 Å². The molecular weight excluding hydrogens is 535 g/mol. The first-order chi connectivity index (χ1) is 17.4. The van der Waals surface area contributed by atoms with Crippen LogP contribution in [0.2, 0.25) is 10.3 Å². The normalized spacial score (nSPS) is 13.8. The molecule has 1 fully saturated rings. The van der Waals surface area contributed by atoms with E-state index in [-0.39, 0.29) is 0 Å². The van der Waals surface area contributed by atoms with Crippen LogP contribution in [0.3, 0.4) is 0 Å². The van der Waals surface area contributed by atoms with Crippen molar-refractivity contribution in [2.45, 2.75) is 0 Å². The van der Waals surface area contributed by atoms with E-state index in [1.807, 2.05) is 48.5 Å². The molecular formula is C26H22Cl2N4O2S2. The van der Waals surface area contributed by atoms with Gasteiger partial charge in [0.25, 0.3) is 0 Å². The fourth-order valence-electron chi connectivity index (χ4n) is 4.26. The van der Waals surface area contributed by atoms with Crippen LogP contribution >= 0.6 is 47.6 Å². The zero-order valence-corrected chi connectivity index (χ0v) is 22.8. The van der Waals surface area contributed by atoms with Crippen LogP contribution < -0.4 is 9.47 Å². The van der Waals surface area contributed by atoms with Crippen molar-refractivity contribution in [3.63, 3.8) is 0 Å². The number of rotatable bonds is 4. The third-order valence-corrected chi connectivity index (χ3v) is 7.80. The van der Waals surface area contributed by atoms with Gasteiger partial charge in [0.1, 0.15) is 31.8 Å². The third-order valence-electron chi connectivity index (χ3n) is 6.27. The maximum absolute atomic E-state index is 6.53. The average Bonchev–Trinajstić information content (AvgIpc) is 2.91. The van der Waals surface area contributed by atoms with E-state index >= 15 is 0 Å². The molecule has 5 rings (SSSR count). The minimum absolute atomic E-state index is 0.378. The Labute approximate surface area is 229 Å². The number of aromatic nitrogens is 2. The smallest absolute Gasteiger partial charge is 0.139 e. The molecule has 1 aliphatic rings. The molecule has 0 saturated carbocycles. The van der Waals surface area contributed by atoms with E-state index in [2.05, 4.69) is 19.8 Å². The molecule has 10 heteroatoms. The molecule has 184 valence electrons. The molecule has 0 unspecified atom stereocenters. The van der Waals surface area contributed by atoms with Crippen molar-refractivity contribution in [3.8, 4) is 11.5 Å². The second-order valence-corrected chi connectivity index (χ2v) is 9.84. The first-order valence-electron chi connectivity index (χ1n) is 11.2. The minimum atomic E-state index is 0.378. The van der Waals surface area contributed by atoms with E-state index in [4.69, 9.17) is 57.1 Å². The van der Waals surface area contributed by atoms with Crippen LogP contribution in [0.1, 0.15) is 11.1 Å². The number of thiocarbonyl (C=S) groups is 2. The lowest BCUT2D eigenvalue weighted by Crippen LogP contribution is -2.50. The molecule has 0 atom stereocenters. The Balaban J connectivity index is 1.31. The summed E-state index contributed by atoms with van der Waals surface area (Å²) in [6.07, 6.45) is 0. The first kappa shape index (κ1) is 24.9. The summed E-state index contributed by atoms with van der Waals surface area (Å²) in [5.41, 5.74) is 3.04. The Morgan fingerprint density at radius 3 is 1.78 bits per heavy atom. The Kier molecular flexibility index (Phi) is 7.12. The molecule has 6 nitrogen and oxygen atoms in total. The SMILES string of the molecule is COc1ccc2nc(Cl)c(C(=S)N3CCN(C(=S)c4cc5ccc(OC)cc5nc4Cl)CC3)cc2c1. The maximum atomic E-state index is 6.53. The highest BCUT2D eigenvalue weighted by Crippen LogP contribution is 2.28. The topological polar surface area (TPSA) is 50.7 Å². The fourth-order valence-corrected chi connectivity index (χ4v) is 5.52. The highest BCUT2D eigenvalue weighted by Gasteiger charge is 2.25. The second-order valence-electron chi connectivity index (χ2n) is 8.36. The molecule has 1 aliphatic heterocycles. The summed E-state index contributed by atoms with van der Waals surface area (Å²) in [4.78, 5) is 14.7. The molecule has 0 spiro atoms. The Morgan fingerprint density at radius 2 is 1.19 bits per heavy atom. The van der Waals surface area contributed by atoms with Crippen molar-refractivity contribution in [3.05, 3.63) is 70.0 Å². The summed E-state index contributed by atoms with van der Waals surface area (Å²) >= 11 is 24.7. The lowest BCUT2D eigenvalue weighted by atomic mass is 10.1. The molecule has 2 aromatic carbocycles. The maximum Gasteiger partial charge on any atom is 0.139 e. The van der Waals surface area contributed by atoms with E-state index < -0.39 is 0 Å². The van der Waals surface area contributed by atoms with E-state index in [1.165, 1.54) is 0 Å². The lowest BCUT2D eigenvalue weighted by Gasteiger charge is -2.37. The van der Waals surface area contributed by atoms with Gasteiger partial charge < -0.3 is 19.3 Å². The summed E-state index contributed by atoms with van der Waals surface area (Å²) < 4.78 is 10.6. The summed E-state index contributed by atoms with van der Waals surface area (Å²) in [6.45, 7) is 2.79. The lowest BCUT2D eigenvalue weighted by molar-refractivity contribution is 0.265. The van der Waals surface area contributed by atoms with Gasteiger partial charge in [0.05, 0.1) is 25.3 Å². The van der Waals surface area contributed by atoms with Crippen LogP contribution in [-0.4, -0.2) is 70.1 Å². The number of halogens is 2. The zero-order valence-electron chi connectivity index (χ0n) is 19.6. The van der Waals surface area contributed by atoms with Gasteiger partial charge in [0.2, 0.25) is 0 Å². The van der Waals surface area contributed by atoms with Gasteiger partial charge in [-0.2, -0.15) is 0 Å². The molecule has 0 radical (unpaired) electrons. The van der Waals surface area contributed by atoms with Gasteiger partial charge >= 0.3 is 0 Å². The minimum Gasteiger partial charge on any atom is -0.497 e. The van der Waals surface area contributed by atoms with Crippen molar-refractivity contribution in [2.24, 2.45) is 0 Å². The number of piperazine rings is 1. The van der Waals surface area contributed by atoms with Crippen LogP contribution in [0.25, 0.3) is 21.8 Å². The van der Waals surface area contributed by atoms with Crippen molar-refractivity contribution >= 4 is 79.4 Å². The predicted molar refractivity (Wildman–Crippen MR) is 153 cm³/mol. The molecule has 0 amide bonds. The molecule has 1 saturated heterocycles. The second kappa shape index (κ2) is 10.3. The fraction of sp³-hybridized carbons (Fsp3) is 0.231. The number of pyridine rings is 2. The molecule has 4 aromatic rings. The number of fused-ring (bicyclic) bond motifs is 2. The summed E-state index contributed by atoms with van der Waals surface area (Å²) in [5, 5.41) is 2.64. The zero-order chi connectivity index (χ0) is 25.4. The van der Waals surface area contributed by atoms with Crippen molar-refractivity contribution in [2.75, 3.05) is 40.4 Å². The highest BCUT2D eigenvalue weighted by atomic mass is 35.5. The standard InChI is InChI=1S/C26H22Cl2N4O2S2/c1-33-17-5-6-21-16(11-17)13-20(23(27)29-21)26(36)32-9-7-31(8-10-32)25(35)19-12-15-3-4-18(34-2)14-22(15)30-24(19)28/h3-6,11-14H,7-10H2,1-2H3. The molecule has 2 aromatic heterocycles. The third kappa shape index (κ3) is 4.78. The molecule has 3 heterocycles. The molecule has 36 heavy (non-hydrogen) atoms. The van der Waals surface area contributed by atoms with Gasteiger partial charge in [-0.25, -0.2) is 9.97 Å². The summed E-state index contributed by atoms with van der Waals surface area (Å²) in [5.74, 6) is 1.49. The number of ether oxygens (including phenoxy) is 2. The summed E-state index contributed by atoms with van der Waals surface area (Å²) in [6, 6.07) is 15.3. The van der Waals surface area contributed by atoms with Crippen molar-refractivity contribution in [1.82, 2.24) is 19.8 Å². The van der Waals surface area contributed by atoms with E-state index in [0.717, 1.165) is 44.4 Å². The molecule has 0 aliphatic carbocycles. The van der Waals surface area contributed by atoms with Crippen LogP contribution in [-0.2, 0) is 0 Å². The Hall–Kier alpha value is -2.78. The van der Waals surface area contributed by atoms with Crippen LogP contribution in [0.4, 0.5) is 0 Å². The van der Waals surface area contributed by atoms with Crippen molar-refractivity contribution < 1.29 is 9.47 Å². The van der Waals surface area contributed by atoms with Crippen LogP contribution in [0.15, 0.2) is 48.5 Å². The van der Waals surface area contributed by atoms with Gasteiger partial charge in [-0.3, -0.25) is 0 Å². The van der Waals surface area contributed by atoms with Gasteiger partial charge in [-0.1, -0.05) is 47.6 Å². The Morgan fingerprint density at radius 1 is 0.694 bits per heavy atom. The van der Waals surface area contributed by atoms with E-state index in [9.17, 15) is 0 Å². The molecule has 0 bridgehead atoms. The number of hydrogen-bond donors (Lipinski definition) is 0. The van der Waals surface area contributed by atoms with Gasteiger partial charge in [-0.15, -0.1) is 0 Å². The number of hydrogen-bond acceptors (Lipinski definition) is 6.